The quantitative estimate of drug-likeness (QED) is 0.263. The van der Waals surface area contributed by atoms with Crippen molar-refractivity contribution in [3.05, 3.63) is 29.3 Å². The van der Waals surface area contributed by atoms with Gasteiger partial charge in [0.2, 0.25) is 5.91 Å². The van der Waals surface area contributed by atoms with E-state index in [1.807, 2.05) is 17.0 Å². The fraction of sp³-hybridized carbons (Fsp3) is 0.579. The number of rotatable bonds is 8. The molecule has 0 unspecified atom stereocenters. The molecule has 146 valence electrons. The lowest BCUT2D eigenvalue weighted by molar-refractivity contribution is -0.127. The monoisotopic (exact) mass is 474 g/mol. The van der Waals surface area contributed by atoms with Crippen LogP contribution in [0.1, 0.15) is 37.3 Å². The maximum atomic E-state index is 11.6. The molecular formula is C19H31IN4O2. The molecule has 0 radical (unpaired) electrons. The van der Waals surface area contributed by atoms with Crippen molar-refractivity contribution in [1.82, 2.24) is 15.5 Å². The number of aryl methyl sites for hydroxylation is 1. The molecule has 0 aliphatic carbocycles. The number of methoxy groups -OCH3 is 1. The molecule has 0 saturated carbocycles. The van der Waals surface area contributed by atoms with E-state index in [1.165, 1.54) is 0 Å². The van der Waals surface area contributed by atoms with Crippen LogP contribution in [0.2, 0.25) is 0 Å². The lowest BCUT2D eigenvalue weighted by atomic mass is 10.1. The largest absolute Gasteiger partial charge is 0.497 e. The number of halogens is 1. The topological polar surface area (TPSA) is 66.0 Å². The molecule has 1 saturated heterocycles. The molecule has 0 bridgehead atoms. The van der Waals surface area contributed by atoms with Crippen molar-refractivity contribution in [3.63, 3.8) is 0 Å². The number of hydrogen-bond acceptors (Lipinski definition) is 3. The van der Waals surface area contributed by atoms with Gasteiger partial charge in [-0.15, -0.1) is 24.0 Å². The van der Waals surface area contributed by atoms with Gasteiger partial charge in [0.05, 0.1) is 13.7 Å². The summed E-state index contributed by atoms with van der Waals surface area (Å²) < 4.78 is 5.31. The highest BCUT2D eigenvalue weighted by molar-refractivity contribution is 14.0. The Morgan fingerprint density at radius 3 is 2.77 bits per heavy atom. The molecule has 1 heterocycles. The number of guanidine groups is 1. The van der Waals surface area contributed by atoms with E-state index in [1.54, 1.807) is 7.11 Å². The summed E-state index contributed by atoms with van der Waals surface area (Å²) in [5.41, 5.74) is 2.29. The van der Waals surface area contributed by atoms with E-state index in [9.17, 15) is 4.79 Å². The van der Waals surface area contributed by atoms with Crippen LogP contribution in [0.15, 0.2) is 23.2 Å². The van der Waals surface area contributed by atoms with Crippen LogP contribution in [0.25, 0.3) is 0 Å². The molecule has 0 atom stereocenters. The van der Waals surface area contributed by atoms with Crippen LogP contribution in [0, 0.1) is 6.92 Å². The van der Waals surface area contributed by atoms with Gasteiger partial charge in [-0.05, 0) is 49.9 Å². The van der Waals surface area contributed by atoms with Crippen molar-refractivity contribution in [3.8, 4) is 5.75 Å². The number of ether oxygens (including phenoxy) is 1. The van der Waals surface area contributed by atoms with Crippen LogP contribution in [0.3, 0.4) is 0 Å². The predicted molar refractivity (Wildman–Crippen MR) is 116 cm³/mol. The van der Waals surface area contributed by atoms with Crippen molar-refractivity contribution >= 4 is 35.8 Å². The van der Waals surface area contributed by atoms with Crippen LogP contribution < -0.4 is 15.4 Å². The van der Waals surface area contributed by atoms with Gasteiger partial charge in [0.25, 0.3) is 0 Å². The molecule has 1 aromatic rings. The van der Waals surface area contributed by atoms with E-state index < -0.39 is 0 Å². The number of likely N-dealkylation sites (tertiary alicyclic amines) is 1. The van der Waals surface area contributed by atoms with Crippen LogP contribution in [-0.2, 0) is 11.3 Å². The molecule has 0 aromatic heterocycles. The second-order valence-corrected chi connectivity index (χ2v) is 6.32. The lowest BCUT2D eigenvalue weighted by Crippen LogP contribution is -2.39. The second kappa shape index (κ2) is 12.0. The Morgan fingerprint density at radius 2 is 2.12 bits per heavy atom. The van der Waals surface area contributed by atoms with Gasteiger partial charge < -0.3 is 20.3 Å². The lowest BCUT2D eigenvalue weighted by Gasteiger charge is -2.16. The van der Waals surface area contributed by atoms with E-state index in [4.69, 9.17) is 4.74 Å². The number of amides is 1. The highest BCUT2D eigenvalue weighted by Gasteiger charge is 2.18. The normalized spacial score (nSPS) is 14.2. The van der Waals surface area contributed by atoms with E-state index in [0.717, 1.165) is 61.9 Å². The smallest absolute Gasteiger partial charge is 0.222 e. The van der Waals surface area contributed by atoms with Gasteiger partial charge in [-0.25, -0.2) is 4.99 Å². The zero-order valence-corrected chi connectivity index (χ0v) is 18.3. The molecule has 0 spiro atoms. The van der Waals surface area contributed by atoms with E-state index in [-0.39, 0.29) is 29.9 Å². The first-order valence-electron chi connectivity index (χ1n) is 9.07. The summed E-state index contributed by atoms with van der Waals surface area (Å²) in [6.07, 6.45) is 2.63. The maximum absolute atomic E-state index is 11.6. The fourth-order valence-electron chi connectivity index (χ4n) is 2.96. The number of carbonyl (C=O) groups excluding carboxylic acids is 1. The van der Waals surface area contributed by atoms with Crippen LogP contribution >= 0.6 is 24.0 Å². The summed E-state index contributed by atoms with van der Waals surface area (Å²) >= 11 is 0. The number of benzene rings is 1. The van der Waals surface area contributed by atoms with Gasteiger partial charge >= 0.3 is 0 Å². The molecule has 2 rings (SSSR count). The fourth-order valence-corrected chi connectivity index (χ4v) is 2.96. The zero-order valence-electron chi connectivity index (χ0n) is 16.0. The number of carbonyl (C=O) groups is 1. The Balaban J connectivity index is 0.00000338. The first-order valence-corrected chi connectivity index (χ1v) is 9.07. The van der Waals surface area contributed by atoms with Gasteiger partial charge in [-0.2, -0.15) is 0 Å². The van der Waals surface area contributed by atoms with Crippen molar-refractivity contribution in [1.29, 1.82) is 0 Å². The van der Waals surface area contributed by atoms with Crippen molar-refractivity contribution in [2.75, 3.05) is 33.3 Å². The first-order chi connectivity index (χ1) is 12.1. The van der Waals surface area contributed by atoms with E-state index >= 15 is 0 Å². The molecule has 6 nitrogen and oxygen atoms in total. The summed E-state index contributed by atoms with van der Waals surface area (Å²) in [7, 11) is 1.68. The summed E-state index contributed by atoms with van der Waals surface area (Å²) in [5, 5.41) is 6.60. The highest BCUT2D eigenvalue weighted by atomic mass is 127. The molecule has 1 fully saturated rings. The molecular weight excluding hydrogens is 443 g/mol. The third-order valence-corrected chi connectivity index (χ3v) is 4.18. The molecule has 1 amide bonds. The summed E-state index contributed by atoms with van der Waals surface area (Å²) in [4.78, 5) is 18.2. The zero-order chi connectivity index (χ0) is 18.1. The van der Waals surface area contributed by atoms with Gasteiger partial charge in [-0.3, -0.25) is 4.79 Å². The number of hydrogen-bond donors (Lipinski definition) is 2. The van der Waals surface area contributed by atoms with Crippen molar-refractivity contribution in [2.45, 2.75) is 39.7 Å². The van der Waals surface area contributed by atoms with E-state index in [2.05, 4.69) is 35.5 Å². The number of aliphatic imine (C=N–C) groups is 1. The minimum absolute atomic E-state index is 0. The third kappa shape index (κ3) is 7.39. The Morgan fingerprint density at radius 1 is 1.31 bits per heavy atom. The van der Waals surface area contributed by atoms with Crippen LogP contribution in [0.4, 0.5) is 0 Å². The van der Waals surface area contributed by atoms with Gasteiger partial charge in [0.1, 0.15) is 5.75 Å². The van der Waals surface area contributed by atoms with Crippen LogP contribution in [-0.4, -0.2) is 50.1 Å². The average Bonchev–Trinajstić information content (AvgIpc) is 3.01. The molecule has 1 aliphatic heterocycles. The minimum Gasteiger partial charge on any atom is -0.497 e. The summed E-state index contributed by atoms with van der Waals surface area (Å²) in [5.74, 6) is 1.95. The van der Waals surface area contributed by atoms with Crippen LogP contribution in [0.5, 0.6) is 5.75 Å². The number of nitrogens with one attached hydrogen (secondary N) is 2. The molecule has 1 aliphatic rings. The van der Waals surface area contributed by atoms with E-state index in [0.29, 0.717) is 13.0 Å². The predicted octanol–water partition coefficient (Wildman–Crippen LogP) is 2.69. The van der Waals surface area contributed by atoms with Gasteiger partial charge in [0.15, 0.2) is 5.96 Å². The Kier molecular flexibility index (Phi) is 10.4. The Bertz CT molecular complexity index is 607. The highest BCUT2D eigenvalue weighted by Crippen LogP contribution is 2.17. The number of nitrogens with zero attached hydrogens (tertiary/aromatic N) is 2. The maximum Gasteiger partial charge on any atom is 0.222 e. The third-order valence-electron chi connectivity index (χ3n) is 4.18. The molecule has 7 heteroatoms. The second-order valence-electron chi connectivity index (χ2n) is 6.32. The molecule has 26 heavy (non-hydrogen) atoms. The SMILES string of the molecule is CCNC(=NCc1cc(C)cc(OC)c1)NCCCN1CCCC1=O.I. The summed E-state index contributed by atoms with van der Waals surface area (Å²) in [6, 6.07) is 6.14. The molecule has 2 N–H and O–H groups in total. The Labute approximate surface area is 173 Å². The minimum atomic E-state index is 0. The molecule has 1 aromatic carbocycles. The van der Waals surface area contributed by atoms with Gasteiger partial charge in [-0.1, -0.05) is 6.07 Å². The standard InChI is InChI=1S/C19H30N4O2.HI/c1-4-20-19(21-8-6-10-23-9-5-7-18(23)24)22-14-16-11-15(2)12-17(13-16)25-3;/h11-13H,4-10,14H2,1-3H3,(H2,20,21,22);1H. The van der Waals surface area contributed by atoms with Crippen molar-refractivity contribution < 1.29 is 9.53 Å². The summed E-state index contributed by atoms with van der Waals surface area (Å²) in [6.45, 7) is 8.04. The average molecular weight is 474 g/mol. The Hall–Kier alpha value is -1.51. The van der Waals surface area contributed by atoms with Crippen molar-refractivity contribution in [2.24, 2.45) is 4.99 Å². The van der Waals surface area contributed by atoms with Gasteiger partial charge in [0, 0.05) is 32.6 Å². The first kappa shape index (κ1) is 22.5.